The topological polar surface area (TPSA) is 69.4 Å². The molecule has 4 nitrogen and oxygen atoms in total. The Morgan fingerprint density at radius 2 is 1.48 bits per heavy atom. The summed E-state index contributed by atoms with van der Waals surface area (Å²) in [5, 5.41) is 0. The number of carbonyl (C=O) groups excluding carboxylic acids is 2. The monoisotopic (exact) mass is 609 g/mol. The molecule has 0 aromatic heterocycles. The van der Waals surface area contributed by atoms with Gasteiger partial charge in [0.1, 0.15) is 12.4 Å². The smallest absolute Gasteiger partial charge is 0.416 e. The Labute approximate surface area is 248 Å². The van der Waals surface area contributed by atoms with Gasteiger partial charge < -0.3 is 10.5 Å². The highest BCUT2D eigenvalue weighted by atomic mass is 19.4. The fourth-order valence-electron chi connectivity index (χ4n) is 4.97. The van der Waals surface area contributed by atoms with E-state index in [-0.39, 0.29) is 42.4 Å². The summed E-state index contributed by atoms with van der Waals surface area (Å²) in [6, 6.07) is 20.2. The maximum atomic E-state index is 13.2. The Hall–Kier alpha value is -4.86. The minimum absolute atomic E-state index is 0.0536. The number of nitrogens with two attached hydrogens (primary N) is 1. The number of anilines is 1. The van der Waals surface area contributed by atoms with Crippen LogP contribution in [0.15, 0.2) is 90.5 Å². The highest BCUT2D eigenvalue weighted by molar-refractivity contribution is 6.13. The highest BCUT2D eigenvalue weighted by Gasteiger charge is 2.37. The first-order chi connectivity index (χ1) is 20.8. The predicted octanol–water partition coefficient (Wildman–Crippen LogP) is 8.52. The number of aryl methyl sites for hydroxylation is 1. The number of fused-ring (bicyclic) bond motifs is 1. The van der Waals surface area contributed by atoms with Crippen molar-refractivity contribution in [2.24, 2.45) is 0 Å². The van der Waals surface area contributed by atoms with Gasteiger partial charge in [-0.1, -0.05) is 42.5 Å². The lowest BCUT2D eigenvalue weighted by molar-refractivity contribution is -0.143. The number of benzene rings is 4. The quantitative estimate of drug-likeness (QED) is 0.0987. The zero-order chi connectivity index (χ0) is 31.6. The fraction of sp³-hybridized carbons (Fsp3) is 0.176. The van der Waals surface area contributed by atoms with Gasteiger partial charge in [0.05, 0.1) is 11.1 Å². The normalized spacial score (nSPS) is 14.4. The average Bonchev–Trinajstić information content (AvgIpc) is 2.98. The van der Waals surface area contributed by atoms with Crippen molar-refractivity contribution >= 4 is 23.3 Å². The molecule has 0 atom stereocenters. The van der Waals surface area contributed by atoms with Crippen LogP contribution in [0.2, 0.25) is 0 Å². The van der Waals surface area contributed by atoms with E-state index in [4.69, 9.17) is 10.5 Å². The minimum Gasteiger partial charge on any atom is -0.489 e. The molecular weight excluding hydrogens is 584 g/mol. The number of allylic oxidation sites excluding steroid dienone is 1. The molecule has 2 N–H and O–H groups in total. The molecule has 10 heteroatoms. The predicted molar refractivity (Wildman–Crippen MR) is 153 cm³/mol. The summed E-state index contributed by atoms with van der Waals surface area (Å²) in [5.74, 6) is -0.0605. The lowest BCUT2D eigenvalue weighted by Gasteiger charge is -2.19. The van der Waals surface area contributed by atoms with Crippen LogP contribution in [-0.4, -0.2) is 11.6 Å². The fourth-order valence-corrected chi connectivity index (χ4v) is 4.97. The number of rotatable bonds is 7. The van der Waals surface area contributed by atoms with Gasteiger partial charge in [-0.15, -0.1) is 0 Å². The molecule has 226 valence electrons. The lowest BCUT2D eigenvalue weighted by Crippen LogP contribution is -2.15. The van der Waals surface area contributed by atoms with Gasteiger partial charge in [0.25, 0.3) is 0 Å². The highest BCUT2D eigenvalue weighted by Crippen LogP contribution is 2.37. The van der Waals surface area contributed by atoms with E-state index in [1.165, 1.54) is 6.07 Å². The molecule has 4 aromatic rings. The van der Waals surface area contributed by atoms with E-state index in [0.717, 1.165) is 17.2 Å². The van der Waals surface area contributed by atoms with Gasteiger partial charge in [-0.25, -0.2) is 0 Å². The van der Waals surface area contributed by atoms with E-state index >= 15 is 0 Å². The van der Waals surface area contributed by atoms with E-state index in [9.17, 15) is 35.9 Å². The number of hydrogen-bond donors (Lipinski definition) is 1. The van der Waals surface area contributed by atoms with Crippen molar-refractivity contribution in [2.45, 2.75) is 38.2 Å². The average molecular weight is 610 g/mol. The number of para-hydroxylation sites is 1. The Morgan fingerprint density at radius 1 is 0.818 bits per heavy atom. The number of halogens is 6. The van der Waals surface area contributed by atoms with Gasteiger partial charge in [0.2, 0.25) is 0 Å². The van der Waals surface area contributed by atoms with Crippen molar-refractivity contribution in [1.29, 1.82) is 0 Å². The Bertz CT molecular complexity index is 1720. The summed E-state index contributed by atoms with van der Waals surface area (Å²) < 4.78 is 85.4. The Kier molecular flexibility index (Phi) is 8.36. The molecule has 0 saturated heterocycles. The van der Waals surface area contributed by atoms with Gasteiger partial charge in [0.15, 0.2) is 11.6 Å². The first-order valence-electron chi connectivity index (χ1n) is 13.5. The van der Waals surface area contributed by atoms with Gasteiger partial charge in [-0.3, -0.25) is 9.59 Å². The molecule has 0 radical (unpaired) electrons. The number of carbonyl (C=O) groups is 2. The maximum absolute atomic E-state index is 13.2. The van der Waals surface area contributed by atoms with Crippen molar-refractivity contribution in [1.82, 2.24) is 0 Å². The third-order valence-corrected chi connectivity index (χ3v) is 7.32. The Balaban J connectivity index is 1.26. The molecule has 4 aromatic carbocycles. The number of ether oxygens (including phenoxy) is 1. The van der Waals surface area contributed by atoms with Crippen molar-refractivity contribution in [3.05, 3.63) is 135 Å². The molecule has 0 unspecified atom stereocenters. The number of hydrogen-bond acceptors (Lipinski definition) is 4. The summed E-state index contributed by atoms with van der Waals surface area (Å²) in [5.41, 5.74) is 6.42. The molecule has 1 aliphatic rings. The van der Waals surface area contributed by atoms with E-state index in [1.54, 1.807) is 48.5 Å². The van der Waals surface area contributed by atoms with Gasteiger partial charge in [-0.2, -0.15) is 26.3 Å². The van der Waals surface area contributed by atoms with E-state index < -0.39 is 29.3 Å². The summed E-state index contributed by atoms with van der Waals surface area (Å²) in [7, 11) is 0. The molecular formula is C34H25F6NO3. The SMILES string of the molecule is Nc1ccccc1CC(=O)c1ccc(COc2ccc3c(c2)CC/C(=C\c2cc(C(F)(F)F)cc(C(F)(F)F)c2)C3=O)cc1. The molecule has 44 heavy (non-hydrogen) atoms. The minimum atomic E-state index is -4.98. The molecule has 0 saturated carbocycles. The van der Waals surface area contributed by atoms with Gasteiger partial charge >= 0.3 is 12.4 Å². The number of alkyl halides is 6. The molecule has 0 bridgehead atoms. The first kappa shape index (κ1) is 30.6. The van der Waals surface area contributed by atoms with Crippen LogP contribution in [0.3, 0.4) is 0 Å². The lowest BCUT2D eigenvalue weighted by atomic mass is 9.85. The van der Waals surface area contributed by atoms with Crippen LogP contribution in [0.5, 0.6) is 5.75 Å². The zero-order valence-electron chi connectivity index (χ0n) is 23.1. The number of ketones is 2. The van der Waals surface area contributed by atoms with E-state index in [0.29, 0.717) is 46.7 Å². The number of Topliss-reactive ketones (excluding diaryl/α,β-unsaturated/α-hetero) is 2. The van der Waals surface area contributed by atoms with E-state index in [2.05, 4.69) is 0 Å². The maximum Gasteiger partial charge on any atom is 0.416 e. The van der Waals surface area contributed by atoms with Crippen LogP contribution < -0.4 is 10.5 Å². The van der Waals surface area contributed by atoms with Crippen molar-refractivity contribution in [3.8, 4) is 5.75 Å². The first-order valence-corrected chi connectivity index (χ1v) is 13.5. The zero-order valence-corrected chi connectivity index (χ0v) is 23.1. The van der Waals surface area contributed by atoms with E-state index in [1.807, 2.05) is 12.1 Å². The molecule has 0 amide bonds. The molecule has 0 fully saturated rings. The second-order valence-electron chi connectivity index (χ2n) is 10.4. The van der Waals surface area contributed by atoms with Crippen molar-refractivity contribution < 1.29 is 40.7 Å². The molecule has 5 rings (SSSR count). The van der Waals surface area contributed by atoms with Gasteiger partial charge in [0, 0.05) is 28.8 Å². The van der Waals surface area contributed by atoms with Gasteiger partial charge in [-0.05, 0) is 83.6 Å². The van der Waals surface area contributed by atoms with Crippen molar-refractivity contribution in [2.75, 3.05) is 5.73 Å². The summed E-state index contributed by atoms with van der Waals surface area (Å²) in [6.45, 7) is 0.190. The number of nitrogen functional groups attached to an aromatic ring is 1. The molecule has 0 heterocycles. The summed E-state index contributed by atoms with van der Waals surface area (Å²) >= 11 is 0. The molecule has 0 spiro atoms. The third kappa shape index (κ3) is 7.02. The van der Waals surface area contributed by atoms with Crippen LogP contribution in [0.1, 0.15) is 60.5 Å². The van der Waals surface area contributed by atoms with Crippen LogP contribution in [-0.2, 0) is 31.8 Å². The summed E-state index contributed by atoms with van der Waals surface area (Å²) in [4.78, 5) is 25.8. The largest absolute Gasteiger partial charge is 0.489 e. The van der Waals surface area contributed by atoms with Crippen LogP contribution in [0, 0.1) is 0 Å². The molecule has 0 aliphatic heterocycles. The summed E-state index contributed by atoms with van der Waals surface area (Å²) in [6.07, 6.45) is -8.21. The van der Waals surface area contributed by atoms with Crippen LogP contribution in [0.4, 0.5) is 32.0 Å². The standard InChI is InChI=1S/C34H25F6NO3/c35-33(36,37)26-14-21(15-27(18-26)34(38,39)40)13-25-10-9-23-16-28(11-12-29(23)32(25)43)44-19-20-5-7-22(8-6-20)31(42)17-24-3-1-2-4-30(24)41/h1-8,11-16,18H,9-10,17,19,41H2/b25-13+. The third-order valence-electron chi connectivity index (χ3n) is 7.32. The second-order valence-corrected chi connectivity index (χ2v) is 10.4. The Morgan fingerprint density at radius 3 is 2.11 bits per heavy atom. The van der Waals surface area contributed by atoms with Crippen LogP contribution in [0.25, 0.3) is 6.08 Å². The van der Waals surface area contributed by atoms with Crippen molar-refractivity contribution in [3.63, 3.8) is 0 Å². The second kappa shape index (κ2) is 12.0. The molecule has 1 aliphatic carbocycles. The van der Waals surface area contributed by atoms with Crippen LogP contribution >= 0.6 is 0 Å².